The van der Waals surface area contributed by atoms with Gasteiger partial charge < -0.3 is 24.8 Å². The number of halogens is 1. The van der Waals surface area contributed by atoms with E-state index in [4.69, 9.17) is 21.2 Å². The first-order valence-corrected chi connectivity index (χ1v) is 24.9. The monoisotopic (exact) mass is 953 g/mol. The number of nitro benzene ring substituents is 1. The highest BCUT2D eigenvalue weighted by molar-refractivity contribution is 7.90. The van der Waals surface area contributed by atoms with Gasteiger partial charge in [0.05, 0.1) is 27.7 Å². The normalized spacial score (nSPS) is 17.6. The number of nitrogens with zero attached hydrogens (tertiary/aromatic N) is 6. The van der Waals surface area contributed by atoms with Gasteiger partial charge >= 0.3 is 0 Å². The van der Waals surface area contributed by atoms with Crippen LogP contribution < -0.4 is 19.7 Å². The molecule has 3 N–H and O–H groups in total. The number of carbonyl (C=O) groups is 1. The summed E-state index contributed by atoms with van der Waals surface area (Å²) >= 11 is 6.25. The average molecular weight is 955 g/mol. The number of nitrogens with one attached hydrogen (secondary N) is 3. The van der Waals surface area contributed by atoms with Gasteiger partial charge in [-0.15, -0.1) is 0 Å². The number of hydrogen-bond acceptors (Lipinski definition) is 13. The molecule has 2 saturated heterocycles. The number of nitro groups is 1. The maximum atomic E-state index is 14.0. The van der Waals surface area contributed by atoms with Gasteiger partial charge in [-0.2, -0.15) is 5.06 Å². The first-order valence-electron chi connectivity index (χ1n) is 23.0. The van der Waals surface area contributed by atoms with E-state index in [2.05, 4.69) is 60.7 Å². The molecule has 18 heteroatoms. The number of piperazine rings is 2. The summed E-state index contributed by atoms with van der Waals surface area (Å²) < 4.78 is 36.0. The van der Waals surface area contributed by atoms with Crippen molar-refractivity contribution in [2.24, 2.45) is 5.41 Å². The van der Waals surface area contributed by atoms with Crippen LogP contribution in [-0.4, -0.2) is 122 Å². The molecule has 2 aliphatic heterocycles. The van der Waals surface area contributed by atoms with E-state index in [9.17, 15) is 23.3 Å². The first-order chi connectivity index (χ1) is 32.1. The SMILES string of the molecule is CC(C)ON1CCN(CCCNc2ccc(S(=O)(=O)NC(=O)c3ccc(N4CCN(CC5=C(c6ccc(Cl)cc6)CC(C)(C)CC5)CC4)cc3Oc3cnc4[nH]ccc4c3)cc2[N+](=O)[O-])CC1. The Labute approximate surface area is 397 Å². The van der Waals surface area contributed by atoms with Crippen LogP contribution >= 0.6 is 11.6 Å². The fraction of sp³-hybridized carbons (Fsp3) is 0.429. The summed E-state index contributed by atoms with van der Waals surface area (Å²) in [6, 6.07) is 20.5. The molecule has 3 aromatic carbocycles. The molecule has 8 rings (SSSR count). The molecule has 1 aliphatic carbocycles. The summed E-state index contributed by atoms with van der Waals surface area (Å²) in [6.07, 6.45) is 7.33. The van der Waals surface area contributed by atoms with E-state index < -0.39 is 31.4 Å². The van der Waals surface area contributed by atoms with Crippen molar-refractivity contribution in [3.63, 3.8) is 0 Å². The van der Waals surface area contributed by atoms with Crippen molar-refractivity contribution in [3.8, 4) is 11.5 Å². The molecule has 0 saturated carbocycles. The van der Waals surface area contributed by atoms with Crippen LogP contribution in [0.4, 0.5) is 17.1 Å². The minimum Gasteiger partial charge on any atom is -0.455 e. The van der Waals surface area contributed by atoms with Crippen LogP contribution in [0.5, 0.6) is 11.5 Å². The second-order valence-corrected chi connectivity index (χ2v) is 20.8. The standard InChI is InChI=1S/C49H60ClN9O7S/c1-34(2)66-58-26-22-55(23-27-58)19-5-17-51-44-13-11-41(30-45(44)59(61)62)67(63,64)54-48(60)42-12-10-39(29-46(42)65-40-28-36-15-18-52-47(36)53-32-40)57-24-20-56(21-25-57)33-37-14-16-49(3,4)31-43(37)35-6-8-38(50)9-7-35/h6-13,15,18,28-30,32,34,51H,5,14,16-17,19-27,31,33H2,1-4H3,(H,52,53)(H,54,60). The third-order valence-corrected chi connectivity index (χ3v) is 14.3. The predicted molar refractivity (Wildman–Crippen MR) is 262 cm³/mol. The molecule has 0 spiro atoms. The van der Waals surface area contributed by atoms with E-state index in [0.717, 1.165) is 113 Å². The second kappa shape index (κ2) is 20.8. The van der Waals surface area contributed by atoms with Crippen molar-refractivity contribution in [1.82, 2.24) is 29.6 Å². The van der Waals surface area contributed by atoms with Gasteiger partial charge in [0.2, 0.25) is 0 Å². The number of anilines is 2. The van der Waals surface area contributed by atoms with Crippen LogP contribution in [0.15, 0.2) is 95.7 Å². The zero-order chi connectivity index (χ0) is 47.3. The molecular weight excluding hydrogens is 894 g/mol. The van der Waals surface area contributed by atoms with E-state index in [1.165, 1.54) is 35.0 Å². The van der Waals surface area contributed by atoms with Gasteiger partial charge in [0.1, 0.15) is 22.8 Å². The Hall–Kier alpha value is -5.56. The molecule has 67 heavy (non-hydrogen) atoms. The van der Waals surface area contributed by atoms with Crippen molar-refractivity contribution >= 4 is 61.2 Å². The third kappa shape index (κ3) is 12.1. The van der Waals surface area contributed by atoms with Crippen molar-refractivity contribution in [1.29, 1.82) is 0 Å². The Morgan fingerprint density at radius 3 is 2.43 bits per heavy atom. The lowest BCUT2D eigenvalue weighted by Gasteiger charge is -2.39. The molecule has 0 atom stereocenters. The number of amides is 1. The van der Waals surface area contributed by atoms with Crippen molar-refractivity contribution in [2.75, 3.05) is 82.2 Å². The fourth-order valence-electron chi connectivity index (χ4n) is 9.08. The van der Waals surface area contributed by atoms with Crippen LogP contribution in [0.3, 0.4) is 0 Å². The Balaban J connectivity index is 0.948. The number of ether oxygens (including phenoxy) is 1. The van der Waals surface area contributed by atoms with Gasteiger partial charge in [0.25, 0.3) is 21.6 Å². The highest BCUT2D eigenvalue weighted by Gasteiger charge is 2.31. The number of hydroxylamine groups is 2. The Bertz CT molecular complexity index is 2710. The first kappa shape index (κ1) is 47.9. The van der Waals surface area contributed by atoms with Crippen molar-refractivity contribution < 1.29 is 27.7 Å². The van der Waals surface area contributed by atoms with Gasteiger partial charge in [0.15, 0.2) is 0 Å². The van der Waals surface area contributed by atoms with Crippen LogP contribution in [0.2, 0.25) is 5.02 Å². The van der Waals surface area contributed by atoms with Gasteiger partial charge in [-0.1, -0.05) is 43.2 Å². The molecular formula is C49H60ClN9O7S. The molecule has 0 bridgehead atoms. The summed E-state index contributed by atoms with van der Waals surface area (Å²) in [5, 5.41) is 18.8. The lowest BCUT2D eigenvalue weighted by molar-refractivity contribution is -0.384. The summed E-state index contributed by atoms with van der Waals surface area (Å²) in [4.78, 5) is 45.4. The molecule has 1 amide bonds. The van der Waals surface area contributed by atoms with E-state index in [1.54, 1.807) is 30.5 Å². The Morgan fingerprint density at radius 1 is 0.955 bits per heavy atom. The average Bonchev–Trinajstić information content (AvgIpc) is 3.77. The Kier molecular flexibility index (Phi) is 14.8. The largest absolute Gasteiger partial charge is 0.455 e. The topological polar surface area (TPSA) is 179 Å². The zero-order valence-corrected chi connectivity index (χ0v) is 40.2. The molecule has 16 nitrogen and oxygen atoms in total. The second-order valence-electron chi connectivity index (χ2n) is 18.6. The van der Waals surface area contributed by atoms with Gasteiger partial charge in [0, 0.05) is 99.9 Å². The molecule has 4 heterocycles. The lowest BCUT2D eigenvalue weighted by atomic mass is 9.72. The van der Waals surface area contributed by atoms with Gasteiger partial charge in [-0.3, -0.25) is 24.6 Å². The summed E-state index contributed by atoms with van der Waals surface area (Å²) in [5.41, 5.74) is 5.52. The molecule has 356 valence electrons. The number of carbonyl (C=O) groups excluding carboxylic acids is 1. The minimum atomic E-state index is -4.57. The summed E-state index contributed by atoms with van der Waals surface area (Å²) in [5.74, 6) is -0.476. The highest BCUT2D eigenvalue weighted by atomic mass is 35.5. The van der Waals surface area contributed by atoms with E-state index >= 15 is 0 Å². The fourth-order valence-corrected chi connectivity index (χ4v) is 10.2. The Morgan fingerprint density at radius 2 is 1.70 bits per heavy atom. The zero-order valence-electron chi connectivity index (χ0n) is 38.6. The maximum absolute atomic E-state index is 14.0. The summed E-state index contributed by atoms with van der Waals surface area (Å²) in [6.45, 7) is 17.2. The van der Waals surface area contributed by atoms with E-state index in [-0.39, 0.29) is 28.5 Å². The van der Waals surface area contributed by atoms with E-state index in [1.807, 2.05) is 37.1 Å². The van der Waals surface area contributed by atoms with E-state index in [0.29, 0.717) is 17.9 Å². The lowest BCUT2D eigenvalue weighted by Crippen LogP contribution is -2.47. The molecule has 3 aliphatic rings. The van der Waals surface area contributed by atoms with Crippen LogP contribution in [0.1, 0.15) is 69.3 Å². The summed E-state index contributed by atoms with van der Waals surface area (Å²) in [7, 11) is -4.57. The number of fused-ring (bicyclic) bond motifs is 1. The molecule has 2 aromatic heterocycles. The molecule has 5 aromatic rings. The van der Waals surface area contributed by atoms with Crippen molar-refractivity contribution in [3.05, 3.63) is 117 Å². The number of aromatic amines is 1. The molecule has 2 fully saturated rings. The number of pyridine rings is 1. The number of aromatic nitrogens is 2. The number of hydrogen-bond donors (Lipinski definition) is 3. The molecule has 0 unspecified atom stereocenters. The van der Waals surface area contributed by atoms with Crippen LogP contribution in [0, 0.1) is 15.5 Å². The maximum Gasteiger partial charge on any atom is 0.293 e. The smallest absolute Gasteiger partial charge is 0.293 e. The van der Waals surface area contributed by atoms with Crippen LogP contribution in [-0.2, 0) is 14.9 Å². The minimum absolute atomic E-state index is 0.0383. The predicted octanol–water partition coefficient (Wildman–Crippen LogP) is 8.58. The number of allylic oxidation sites excluding steroid dienone is 1. The highest BCUT2D eigenvalue weighted by Crippen LogP contribution is 2.43. The number of sulfonamides is 1. The van der Waals surface area contributed by atoms with Crippen molar-refractivity contribution in [2.45, 2.75) is 64.4 Å². The van der Waals surface area contributed by atoms with Gasteiger partial charge in [-0.05, 0) is 111 Å². The molecule has 0 radical (unpaired) electrons. The number of benzene rings is 3. The number of H-pyrrole nitrogens is 1. The van der Waals surface area contributed by atoms with Crippen LogP contribution in [0.25, 0.3) is 16.6 Å². The van der Waals surface area contributed by atoms with Gasteiger partial charge in [-0.25, -0.2) is 18.1 Å². The quantitative estimate of drug-likeness (QED) is 0.0459. The number of rotatable bonds is 17. The third-order valence-electron chi connectivity index (χ3n) is 12.7.